The van der Waals surface area contributed by atoms with Crippen LogP contribution in [-0.4, -0.2) is 24.7 Å². The lowest BCUT2D eigenvalue weighted by atomic mass is 10.3. The quantitative estimate of drug-likeness (QED) is 0.781. The normalized spacial score (nSPS) is 10.4. The number of aryl methyl sites for hydroxylation is 2. The van der Waals surface area contributed by atoms with E-state index in [0.29, 0.717) is 10.8 Å². The van der Waals surface area contributed by atoms with Crippen LogP contribution in [0.25, 0.3) is 5.82 Å². The summed E-state index contributed by atoms with van der Waals surface area (Å²) < 4.78 is 1.68. The topological polar surface area (TPSA) is 69.6 Å². The number of aromatic nitrogens is 4. The molecular formula is C10H11N5S. The van der Waals surface area contributed by atoms with Gasteiger partial charge in [0.05, 0.1) is 0 Å². The molecule has 6 heteroatoms. The van der Waals surface area contributed by atoms with Crippen LogP contribution in [0.2, 0.25) is 0 Å². The average molecular weight is 233 g/mol. The van der Waals surface area contributed by atoms with E-state index in [1.54, 1.807) is 10.9 Å². The van der Waals surface area contributed by atoms with Crippen LogP contribution in [0.4, 0.5) is 0 Å². The summed E-state index contributed by atoms with van der Waals surface area (Å²) >= 11 is 4.85. The first kappa shape index (κ1) is 10.7. The van der Waals surface area contributed by atoms with Crippen molar-refractivity contribution in [1.29, 1.82) is 0 Å². The zero-order valence-electron chi connectivity index (χ0n) is 9.01. The van der Waals surface area contributed by atoms with E-state index in [1.807, 2.05) is 26.0 Å². The highest BCUT2D eigenvalue weighted by atomic mass is 32.1. The van der Waals surface area contributed by atoms with Gasteiger partial charge in [-0.2, -0.15) is 4.68 Å². The Morgan fingerprint density at radius 2 is 2.12 bits per heavy atom. The molecule has 0 spiro atoms. The minimum absolute atomic E-state index is 0.338. The number of rotatable bonds is 2. The average Bonchev–Trinajstić information content (AvgIpc) is 2.58. The molecule has 0 radical (unpaired) electrons. The van der Waals surface area contributed by atoms with Crippen LogP contribution >= 0.6 is 12.2 Å². The summed E-state index contributed by atoms with van der Waals surface area (Å²) in [7, 11) is 0. The molecule has 2 N–H and O–H groups in total. The Labute approximate surface area is 98.3 Å². The van der Waals surface area contributed by atoms with Gasteiger partial charge in [0.2, 0.25) is 0 Å². The Hall–Kier alpha value is -1.82. The van der Waals surface area contributed by atoms with E-state index in [9.17, 15) is 0 Å². The molecule has 82 valence electrons. The lowest BCUT2D eigenvalue weighted by molar-refractivity contribution is 0.803. The molecule has 0 saturated carbocycles. The van der Waals surface area contributed by atoms with E-state index in [4.69, 9.17) is 18.0 Å². The van der Waals surface area contributed by atoms with Crippen molar-refractivity contribution in [2.24, 2.45) is 5.73 Å². The summed E-state index contributed by atoms with van der Waals surface area (Å²) in [4.78, 5) is 8.78. The zero-order chi connectivity index (χ0) is 11.7. The Morgan fingerprint density at radius 3 is 2.56 bits per heavy atom. The molecule has 0 aliphatic heterocycles. The van der Waals surface area contributed by atoms with Gasteiger partial charge in [0.1, 0.15) is 16.6 Å². The summed E-state index contributed by atoms with van der Waals surface area (Å²) in [6, 6.07) is 3.64. The smallest absolute Gasteiger partial charge is 0.155 e. The fourth-order valence-corrected chi connectivity index (χ4v) is 1.52. The molecule has 0 aromatic carbocycles. The number of pyridine rings is 1. The maximum atomic E-state index is 5.49. The predicted octanol–water partition coefficient (Wildman–Crippen LogP) is 0.913. The second-order valence-electron chi connectivity index (χ2n) is 3.39. The monoisotopic (exact) mass is 233 g/mol. The van der Waals surface area contributed by atoms with Crippen molar-refractivity contribution in [2.75, 3.05) is 0 Å². The summed E-state index contributed by atoms with van der Waals surface area (Å²) in [6.07, 6.45) is 1.63. The predicted molar refractivity (Wildman–Crippen MR) is 64.5 cm³/mol. The van der Waals surface area contributed by atoms with Crippen molar-refractivity contribution in [3.05, 3.63) is 35.5 Å². The molecular weight excluding hydrogens is 222 g/mol. The standard InChI is InChI=1S/C10H11N5S/c1-6-13-7(2)15(14-6)9-4-3-8(5-12-9)10(11)16/h3-5H,1-2H3,(H2,11,16). The lowest BCUT2D eigenvalue weighted by Crippen LogP contribution is -2.10. The van der Waals surface area contributed by atoms with Gasteiger partial charge in [0.15, 0.2) is 5.82 Å². The van der Waals surface area contributed by atoms with Crippen molar-refractivity contribution in [3.8, 4) is 5.82 Å². The molecule has 16 heavy (non-hydrogen) atoms. The third kappa shape index (κ3) is 1.92. The third-order valence-corrected chi connectivity index (χ3v) is 2.36. The van der Waals surface area contributed by atoms with Crippen molar-refractivity contribution >= 4 is 17.2 Å². The van der Waals surface area contributed by atoms with Crippen LogP contribution in [0.5, 0.6) is 0 Å². The Morgan fingerprint density at radius 1 is 1.38 bits per heavy atom. The van der Waals surface area contributed by atoms with Crippen LogP contribution in [0.1, 0.15) is 17.2 Å². The SMILES string of the molecule is Cc1nc(C)n(-c2ccc(C(N)=S)cn2)n1. The molecule has 0 saturated heterocycles. The van der Waals surface area contributed by atoms with Gasteiger partial charge in [-0.15, -0.1) is 5.10 Å². The largest absolute Gasteiger partial charge is 0.389 e. The van der Waals surface area contributed by atoms with Gasteiger partial charge in [0, 0.05) is 11.8 Å². The van der Waals surface area contributed by atoms with E-state index in [0.717, 1.165) is 17.2 Å². The zero-order valence-corrected chi connectivity index (χ0v) is 9.82. The van der Waals surface area contributed by atoms with Gasteiger partial charge in [-0.3, -0.25) is 0 Å². The van der Waals surface area contributed by atoms with Crippen molar-refractivity contribution in [3.63, 3.8) is 0 Å². The fraction of sp³-hybridized carbons (Fsp3) is 0.200. The van der Waals surface area contributed by atoms with Crippen molar-refractivity contribution in [2.45, 2.75) is 13.8 Å². The second-order valence-corrected chi connectivity index (χ2v) is 3.83. The summed E-state index contributed by atoms with van der Waals surface area (Å²) in [5, 5.41) is 4.23. The summed E-state index contributed by atoms with van der Waals surface area (Å²) in [6.45, 7) is 3.72. The molecule has 0 amide bonds. The van der Waals surface area contributed by atoms with Gasteiger partial charge in [-0.1, -0.05) is 12.2 Å². The third-order valence-electron chi connectivity index (χ3n) is 2.12. The Kier molecular flexibility index (Phi) is 2.66. The van der Waals surface area contributed by atoms with Crippen LogP contribution in [0.15, 0.2) is 18.3 Å². The molecule has 0 aliphatic rings. The molecule has 0 aliphatic carbocycles. The number of thiocarbonyl (C=S) groups is 1. The first-order valence-corrected chi connectivity index (χ1v) is 5.15. The van der Waals surface area contributed by atoms with Crippen LogP contribution in [-0.2, 0) is 0 Å². The Balaban J connectivity index is 2.42. The number of nitrogens with zero attached hydrogens (tertiary/aromatic N) is 4. The fourth-order valence-electron chi connectivity index (χ4n) is 1.40. The molecule has 2 aromatic heterocycles. The molecule has 0 unspecified atom stereocenters. The Bertz CT molecular complexity index is 529. The van der Waals surface area contributed by atoms with Crippen LogP contribution < -0.4 is 5.73 Å². The molecule has 2 heterocycles. The maximum Gasteiger partial charge on any atom is 0.155 e. The van der Waals surface area contributed by atoms with Gasteiger partial charge in [-0.25, -0.2) is 9.97 Å². The lowest BCUT2D eigenvalue weighted by Gasteiger charge is -2.02. The highest BCUT2D eigenvalue weighted by Gasteiger charge is 2.06. The van der Waals surface area contributed by atoms with Gasteiger partial charge >= 0.3 is 0 Å². The second kappa shape index (κ2) is 3.97. The molecule has 2 aromatic rings. The molecule has 0 atom stereocenters. The summed E-state index contributed by atoms with van der Waals surface area (Å²) in [5.41, 5.74) is 6.24. The highest BCUT2D eigenvalue weighted by molar-refractivity contribution is 7.80. The van der Waals surface area contributed by atoms with E-state index in [2.05, 4.69) is 15.1 Å². The first-order chi connectivity index (χ1) is 7.58. The first-order valence-electron chi connectivity index (χ1n) is 4.74. The van der Waals surface area contributed by atoms with Gasteiger partial charge < -0.3 is 5.73 Å². The number of nitrogens with two attached hydrogens (primary N) is 1. The van der Waals surface area contributed by atoms with Crippen molar-refractivity contribution in [1.82, 2.24) is 19.7 Å². The molecule has 0 fully saturated rings. The van der Waals surface area contributed by atoms with Crippen LogP contribution in [0, 0.1) is 13.8 Å². The number of hydrogen-bond acceptors (Lipinski definition) is 4. The van der Waals surface area contributed by atoms with E-state index < -0.39 is 0 Å². The molecule has 0 bridgehead atoms. The molecule has 2 rings (SSSR count). The minimum Gasteiger partial charge on any atom is -0.389 e. The highest BCUT2D eigenvalue weighted by Crippen LogP contribution is 2.07. The van der Waals surface area contributed by atoms with Gasteiger partial charge in [0.25, 0.3) is 0 Å². The number of hydrogen-bond donors (Lipinski definition) is 1. The van der Waals surface area contributed by atoms with E-state index >= 15 is 0 Å². The van der Waals surface area contributed by atoms with Gasteiger partial charge in [-0.05, 0) is 26.0 Å². The van der Waals surface area contributed by atoms with Crippen LogP contribution in [0.3, 0.4) is 0 Å². The maximum absolute atomic E-state index is 5.49. The van der Waals surface area contributed by atoms with E-state index in [-0.39, 0.29) is 0 Å². The minimum atomic E-state index is 0.338. The van der Waals surface area contributed by atoms with Crippen molar-refractivity contribution < 1.29 is 0 Å². The summed E-state index contributed by atoms with van der Waals surface area (Å²) in [5.74, 6) is 2.23. The van der Waals surface area contributed by atoms with E-state index in [1.165, 1.54) is 0 Å². The molecule has 5 nitrogen and oxygen atoms in total.